The van der Waals surface area contributed by atoms with E-state index in [-0.39, 0.29) is 27.1 Å². The van der Waals surface area contributed by atoms with Gasteiger partial charge in [0.05, 0.1) is 9.90 Å². The number of carboxylic acids is 1. The molecule has 0 unspecified atom stereocenters. The Morgan fingerprint density at radius 1 is 1.20 bits per heavy atom. The minimum Gasteiger partial charge on any atom is -0.480 e. The number of hydrogen-bond donors (Lipinski definition) is 1. The number of carbonyl (C=O) groups excluding carboxylic acids is 1. The second kappa shape index (κ2) is 6.26. The highest BCUT2D eigenvalue weighted by Gasteiger charge is 2.18. The average Bonchev–Trinajstić information content (AvgIpc) is 2.93. The number of carbonyl (C=O) groups is 2. The Balaban J connectivity index is 2.31. The van der Waals surface area contributed by atoms with Crippen molar-refractivity contribution in [3.63, 3.8) is 0 Å². The molecule has 1 aromatic carbocycles. The minimum absolute atomic E-state index is 0.0234. The summed E-state index contributed by atoms with van der Waals surface area (Å²) >= 11 is 13.3. The number of rotatable bonds is 5. The molecular weight excluding hydrogens is 327 g/mol. The van der Waals surface area contributed by atoms with E-state index in [1.165, 1.54) is 23.5 Å². The summed E-state index contributed by atoms with van der Waals surface area (Å²) in [7, 11) is 0. The van der Waals surface area contributed by atoms with Crippen molar-refractivity contribution in [3.8, 4) is 5.75 Å². The Kier molecular flexibility index (Phi) is 4.65. The van der Waals surface area contributed by atoms with Gasteiger partial charge in [0, 0.05) is 5.56 Å². The first kappa shape index (κ1) is 14.8. The molecule has 0 spiro atoms. The van der Waals surface area contributed by atoms with Crippen LogP contribution >= 0.6 is 34.5 Å². The molecule has 20 heavy (non-hydrogen) atoms. The van der Waals surface area contributed by atoms with Crippen molar-refractivity contribution >= 4 is 46.3 Å². The molecule has 0 radical (unpaired) electrons. The summed E-state index contributed by atoms with van der Waals surface area (Å²) in [6.07, 6.45) is 0. The van der Waals surface area contributed by atoms with Gasteiger partial charge in [-0.3, -0.25) is 4.79 Å². The monoisotopic (exact) mass is 334 g/mol. The van der Waals surface area contributed by atoms with Crippen LogP contribution in [-0.4, -0.2) is 23.5 Å². The third kappa shape index (κ3) is 3.12. The topological polar surface area (TPSA) is 63.6 Å². The van der Waals surface area contributed by atoms with Crippen LogP contribution in [0.15, 0.2) is 29.6 Å². The molecule has 0 atom stereocenters. The maximum Gasteiger partial charge on any atom is 0.341 e. The fraction of sp³-hybridized carbons (Fsp3) is 0.0769. The summed E-state index contributed by atoms with van der Waals surface area (Å²) in [5.41, 5.74) is 0.252. The van der Waals surface area contributed by atoms with Crippen LogP contribution in [0, 0.1) is 0 Å². The molecule has 0 saturated carbocycles. The quantitative estimate of drug-likeness (QED) is 0.846. The van der Waals surface area contributed by atoms with Crippen molar-refractivity contribution in [2.45, 2.75) is 0 Å². The Bertz CT molecular complexity index is 653. The molecule has 0 aliphatic carbocycles. The van der Waals surface area contributed by atoms with Crippen LogP contribution in [-0.2, 0) is 4.79 Å². The van der Waals surface area contributed by atoms with E-state index in [0.717, 1.165) is 0 Å². The van der Waals surface area contributed by atoms with E-state index in [1.807, 2.05) is 0 Å². The van der Waals surface area contributed by atoms with Crippen LogP contribution in [0.2, 0.25) is 10.0 Å². The molecule has 1 aromatic heterocycles. The molecule has 0 aliphatic heterocycles. The van der Waals surface area contributed by atoms with Crippen molar-refractivity contribution in [2.75, 3.05) is 6.61 Å². The normalized spacial score (nSPS) is 10.3. The highest BCUT2D eigenvalue weighted by molar-refractivity contribution is 7.12. The molecule has 7 heteroatoms. The third-order valence-electron chi connectivity index (χ3n) is 2.39. The highest BCUT2D eigenvalue weighted by atomic mass is 35.5. The number of aliphatic carboxylic acids is 1. The zero-order valence-electron chi connectivity index (χ0n) is 9.93. The SMILES string of the molecule is O=C(O)COc1ccc(C(=O)[13c]2[13cH][13cH][13cH]s2)c(Cl)c1Cl. The van der Waals surface area contributed by atoms with Crippen LogP contribution < -0.4 is 4.74 Å². The predicted molar refractivity (Wildman–Crippen MR) is 77.3 cm³/mol. The number of ketones is 1. The van der Waals surface area contributed by atoms with Gasteiger partial charge >= 0.3 is 5.97 Å². The van der Waals surface area contributed by atoms with Crippen LogP contribution in [0.4, 0.5) is 0 Å². The van der Waals surface area contributed by atoms with Crippen LogP contribution in [0.3, 0.4) is 0 Å². The summed E-state index contributed by atoms with van der Waals surface area (Å²) in [4.78, 5) is 23.2. The zero-order chi connectivity index (χ0) is 14.7. The Morgan fingerprint density at radius 3 is 2.55 bits per heavy atom. The van der Waals surface area contributed by atoms with E-state index >= 15 is 0 Å². The second-order valence-electron chi connectivity index (χ2n) is 3.73. The van der Waals surface area contributed by atoms with Gasteiger partial charge in [0.1, 0.15) is 10.8 Å². The number of benzene rings is 1. The molecular formula is C13H8Cl2O4S. The lowest BCUT2D eigenvalue weighted by atomic mass is 10.2. The molecule has 2 rings (SSSR count). The van der Waals surface area contributed by atoms with Crippen LogP contribution in [0.25, 0.3) is 0 Å². The van der Waals surface area contributed by atoms with E-state index in [1.54, 1.807) is 17.5 Å². The number of hydrogen-bond acceptors (Lipinski definition) is 4. The fourth-order valence-electron chi connectivity index (χ4n) is 1.50. The zero-order valence-corrected chi connectivity index (χ0v) is 12.3. The van der Waals surface area contributed by atoms with Crippen molar-refractivity contribution in [3.05, 3.63) is 50.1 Å². The minimum atomic E-state index is -1.13. The van der Waals surface area contributed by atoms with Gasteiger partial charge in [-0.05, 0) is 23.6 Å². The molecule has 104 valence electrons. The average molecular weight is 335 g/mol. The van der Waals surface area contributed by atoms with Crippen molar-refractivity contribution in [2.24, 2.45) is 0 Å². The molecule has 1 heterocycles. The lowest BCUT2D eigenvalue weighted by molar-refractivity contribution is -0.139. The van der Waals surface area contributed by atoms with Crippen molar-refractivity contribution in [1.82, 2.24) is 0 Å². The molecule has 0 bridgehead atoms. The van der Waals surface area contributed by atoms with E-state index in [2.05, 4.69) is 0 Å². The summed E-state index contributed by atoms with van der Waals surface area (Å²) in [5.74, 6) is -1.24. The Labute approximate surface area is 128 Å². The lowest BCUT2D eigenvalue weighted by Gasteiger charge is -2.09. The first-order chi connectivity index (χ1) is 9.50. The number of thiophene rings is 1. The van der Waals surface area contributed by atoms with Crippen LogP contribution in [0.5, 0.6) is 5.75 Å². The summed E-state index contributed by atoms with van der Waals surface area (Å²) < 4.78 is 4.98. The number of ether oxygens (including phenoxy) is 1. The van der Waals surface area contributed by atoms with Gasteiger partial charge in [0.2, 0.25) is 5.78 Å². The van der Waals surface area contributed by atoms with Crippen molar-refractivity contribution < 1.29 is 19.4 Å². The number of halogens is 2. The van der Waals surface area contributed by atoms with Gasteiger partial charge < -0.3 is 9.84 Å². The van der Waals surface area contributed by atoms with Gasteiger partial charge in [0.25, 0.3) is 0 Å². The van der Waals surface area contributed by atoms with Gasteiger partial charge in [-0.1, -0.05) is 29.3 Å². The first-order valence-corrected chi connectivity index (χ1v) is 7.05. The molecule has 0 saturated heterocycles. The predicted octanol–water partition coefficient (Wildman–Crippen LogP) is 3.75. The second-order valence-corrected chi connectivity index (χ2v) is 5.43. The molecule has 0 amide bonds. The van der Waals surface area contributed by atoms with Gasteiger partial charge in [-0.2, -0.15) is 0 Å². The fourth-order valence-corrected chi connectivity index (χ4v) is 2.64. The first-order valence-electron chi connectivity index (χ1n) is 5.41. The number of carboxylic acid groups (broad SMARTS) is 1. The smallest absolute Gasteiger partial charge is 0.341 e. The molecule has 2 aromatic rings. The summed E-state index contributed by atoms with van der Waals surface area (Å²) in [6, 6.07) is 6.34. The van der Waals surface area contributed by atoms with E-state index in [0.29, 0.717) is 4.88 Å². The summed E-state index contributed by atoms with van der Waals surface area (Å²) in [5, 5.41) is 10.4. The maximum absolute atomic E-state index is 12.2. The van der Waals surface area contributed by atoms with E-state index in [9.17, 15) is 9.59 Å². The molecule has 0 fully saturated rings. The lowest BCUT2D eigenvalue weighted by Crippen LogP contribution is -2.10. The highest BCUT2D eigenvalue weighted by Crippen LogP contribution is 2.36. The standard InChI is InChI=1S/C13H8Cl2O4S/c14-11-7(13(18)9-2-1-5-20-9)3-4-8(12(11)15)19-6-10(16)17/h1-5H,6H2,(H,16,17)/i1+1,2+1,5+1,9+1. The van der Waals surface area contributed by atoms with Gasteiger partial charge in [-0.15, -0.1) is 11.3 Å². The van der Waals surface area contributed by atoms with E-state index in [4.69, 9.17) is 33.0 Å². The largest absolute Gasteiger partial charge is 0.480 e. The van der Waals surface area contributed by atoms with E-state index < -0.39 is 12.6 Å². The molecule has 4 nitrogen and oxygen atoms in total. The van der Waals surface area contributed by atoms with Gasteiger partial charge in [0.15, 0.2) is 6.61 Å². The van der Waals surface area contributed by atoms with Crippen molar-refractivity contribution in [1.29, 1.82) is 0 Å². The molecule has 1 N–H and O–H groups in total. The summed E-state index contributed by atoms with van der Waals surface area (Å²) in [6.45, 7) is -0.533. The Hall–Kier alpha value is -1.56. The molecule has 0 aliphatic rings. The third-order valence-corrected chi connectivity index (χ3v) is 4.12. The maximum atomic E-state index is 12.2. The van der Waals surface area contributed by atoms with Crippen LogP contribution in [0.1, 0.15) is 15.2 Å². The van der Waals surface area contributed by atoms with Gasteiger partial charge in [-0.25, -0.2) is 4.79 Å². The Morgan fingerprint density at radius 2 is 1.95 bits per heavy atom.